The molecule has 1 saturated carbocycles. The Morgan fingerprint density at radius 3 is 2.67 bits per heavy atom. The van der Waals surface area contributed by atoms with E-state index in [1.807, 2.05) is 0 Å². The fourth-order valence-corrected chi connectivity index (χ4v) is 3.55. The van der Waals surface area contributed by atoms with E-state index in [4.69, 9.17) is 16.3 Å². The van der Waals surface area contributed by atoms with Crippen LogP contribution in [-0.2, 0) is 4.74 Å². The Morgan fingerprint density at radius 2 is 2.00 bits per heavy atom. The summed E-state index contributed by atoms with van der Waals surface area (Å²) < 4.78 is 6.94. The number of anilines is 1. The molecule has 0 aromatic carbocycles. The van der Waals surface area contributed by atoms with Crippen LogP contribution in [0.3, 0.4) is 0 Å². The first kappa shape index (κ1) is 16.0. The molecule has 1 aliphatic carbocycles. The molecule has 2 aromatic heterocycles. The van der Waals surface area contributed by atoms with Crippen LogP contribution in [0.5, 0.6) is 0 Å². The Bertz CT molecular complexity index is 748. The molecule has 4 atom stereocenters. The molecule has 8 nitrogen and oxygen atoms in total. The molecule has 2 aromatic rings. The highest BCUT2D eigenvalue weighted by Gasteiger charge is 2.42. The van der Waals surface area contributed by atoms with Crippen molar-refractivity contribution in [3.63, 3.8) is 0 Å². The maximum Gasteiger partial charge on any atom is 0.226 e. The number of aliphatic hydroxyl groups is 2. The minimum atomic E-state index is -1.14. The zero-order chi connectivity index (χ0) is 16.8. The number of ether oxygens (including phenoxy) is 1. The molecule has 3 heterocycles. The topological polar surface area (TPSA) is 105 Å². The fraction of sp³-hybridized carbons (Fsp3) is 0.600. The maximum atomic E-state index is 10.2. The second-order valence-electron chi connectivity index (χ2n) is 6.34. The molecular weight excluding hydrogens is 334 g/mol. The Kier molecular flexibility index (Phi) is 4.07. The lowest BCUT2D eigenvalue weighted by atomic mass is 10.1. The molecule has 0 bridgehead atoms. The summed E-state index contributed by atoms with van der Waals surface area (Å²) in [5.74, 6) is 0.627. The molecule has 2 fully saturated rings. The molecule has 0 unspecified atom stereocenters. The van der Waals surface area contributed by atoms with Gasteiger partial charge in [0.25, 0.3) is 0 Å². The standard InChI is InChI=1S/C15H19ClN5O3/c1-7-10(22)11(23)14(24-7)21-13-9(6-17-21)12(19-15(16)20-13)18-8-4-2-3-5-8/h6-8,10-11,14,22-23H,1-5H2,(H,18,19,20)/t7-,10-,11-,14-/m1/s1. The van der Waals surface area contributed by atoms with E-state index < -0.39 is 24.5 Å². The van der Waals surface area contributed by atoms with Gasteiger partial charge in [-0.2, -0.15) is 15.1 Å². The van der Waals surface area contributed by atoms with Crippen molar-refractivity contribution >= 4 is 28.5 Å². The molecule has 2 aliphatic rings. The van der Waals surface area contributed by atoms with Crippen LogP contribution in [0, 0.1) is 6.92 Å². The Labute approximate surface area is 143 Å². The van der Waals surface area contributed by atoms with E-state index in [0.717, 1.165) is 12.8 Å². The third-order valence-corrected chi connectivity index (χ3v) is 4.87. The number of rotatable bonds is 3. The SMILES string of the molecule is [CH2][C@H]1O[C@@H](n2ncc3c(NC4CCCC4)nc(Cl)nc32)[C@H](O)[C@@H]1O. The zero-order valence-corrected chi connectivity index (χ0v) is 13.7. The first-order valence-corrected chi connectivity index (χ1v) is 8.44. The van der Waals surface area contributed by atoms with Crippen LogP contribution in [0.25, 0.3) is 11.0 Å². The van der Waals surface area contributed by atoms with Crippen molar-refractivity contribution in [2.24, 2.45) is 0 Å². The third-order valence-electron chi connectivity index (χ3n) is 4.70. The van der Waals surface area contributed by atoms with Crippen molar-refractivity contribution in [1.29, 1.82) is 0 Å². The molecule has 1 aliphatic heterocycles. The van der Waals surface area contributed by atoms with Crippen LogP contribution in [0.4, 0.5) is 5.82 Å². The van der Waals surface area contributed by atoms with Crippen molar-refractivity contribution in [3.8, 4) is 0 Å². The van der Waals surface area contributed by atoms with Gasteiger partial charge in [0, 0.05) is 6.04 Å². The fourth-order valence-electron chi connectivity index (χ4n) is 3.39. The summed E-state index contributed by atoms with van der Waals surface area (Å²) in [5, 5.41) is 28.5. The summed E-state index contributed by atoms with van der Waals surface area (Å²) in [6, 6.07) is 0.363. The van der Waals surface area contributed by atoms with E-state index in [1.54, 1.807) is 6.20 Å². The molecule has 0 spiro atoms. The second-order valence-corrected chi connectivity index (χ2v) is 6.68. The van der Waals surface area contributed by atoms with Gasteiger partial charge in [0.05, 0.1) is 17.7 Å². The van der Waals surface area contributed by atoms with Gasteiger partial charge in [-0.05, 0) is 31.4 Å². The summed E-state index contributed by atoms with van der Waals surface area (Å²) in [5.41, 5.74) is 0.445. The van der Waals surface area contributed by atoms with Gasteiger partial charge in [-0.3, -0.25) is 0 Å². The minimum Gasteiger partial charge on any atom is -0.388 e. The van der Waals surface area contributed by atoms with E-state index in [9.17, 15) is 10.2 Å². The van der Waals surface area contributed by atoms with Crippen LogP contribution in [0.2, 0.25) is 5.28 Å². The number of hydrogen-bond donors (Lipinski definition) is 3. The normalized spacial score (nSPS) is 31.2. The van der Waals surface area contributed by atoms with Gasteiger partial charge in [0.2, 0.25) is 5.28 Å². The van der Waals surface area contributed by atoms with Crippen molar-refractivity contribution in [2.75, 3.05) is 5.32 Å². The number of aromatic nitrogens is 4. The van der Waals surface area contributed by atoms with Gasteiger partial charge in [0.1, 0.15) is 18.0 Å². The molecule has 0 amide bonds. The molecule has 1 saturated heterocycles. The Hall–Kier alpha value is -1.48. The lowest BCUT2D eigenvalue weighted by Gasteiger charge is -2.16. The van der Waals surface area contributed by atoms with Crippen LogP contribution < -0.4 is 5.32 Å². The predicted octanol–water partition coefficient (Wildman–Crippen LogP) is 1.29. The van der Waals surface area contributed by atoms with Gasteiger partial charge < -0.3 is 20.3 Å². The first-order chi connectivity index (χ1) is 11.5. The highest BCUT2D eigenvalue weighted by atomic mass is 35.5. The summed E-state index contributed by atoms with van der Waals surface area (Å²) in [6.45, 7) is 3.67. The lowest BCUT2D eigenvalue weighted by molar-refractivity contribution is -0.0323. The molecule has 24 heavy (non-hydrogen) atoms. The lowest BCUT2D eigenvalue weighted by Crippen LogP contribution is -2.30. The summed E-state index contributed by atoms with van der Waals surface area (Å²) in [6.07, 6.45) is 2.37. The van der Waals surface area contributed by atoms with E-state index in [2.05, 4.69) is 27.3 Å². The molecule has 4 rings (SSSR count). The molecule has 1 radical (unpaired) electrons. The Morgan fingerprint density at radius 1 is 1.25 bits per heavy atom. The van der Waals surface area contributed by atoms with Crippen LogP contribution >= 0.6 is 11.6 Å². The average Bonchev–Trinajstić information content (AvgIpc) is 3.25. The average molecular weight is 353 g/mol. The van der Waals surface area contributed by atoms with Gasteiger partial charge in [-0.25, -0.2) is 4.68 Å². The van der Waals surface area contributed by atoms with Gasteiger partial charge in [-0.1, -0.05) is 12.8 Å². The predicted molar refractivity (Wildman–Crippen MR) is 87.5 cm³/mol. The number of nitrogens with one attached hydrogen (secondary N) is 1. The zero-order valence-electron chi connectivity index (χ0n) is 13.0. The highest BCUT2D eigenvalue weighted by molar-refractivity contribution is 6.28. The second kappa shape index (κ2) is 6.11. The van der Waals surface area contributed by atoms with Crippen LogP contribution in [-0.4, -0.2) is 54.3 Å². The molecule has 3 N–H and O–H groups in total. The first-order valence-electron chi connectivity index (χ1n) is 8.06. The maximum absolute atomic E-state index is 10.2. The van der Waals surface area contributed by atoms with Crippen LogP contribution in [0.15, 0.2) is 6.20 Å². The Balaban J connectivity index is 1.72. The number of aliphatic hydroxyl groups excluding tert-OH is 2. The van der Waals surface area contributed by atoms with Crippen molar-refractivity contribution in [2.45, 2.75) is 56.3 Å². The quantitative estimate of drug-likeness (QED) is 0.715. The van der Waals surface area contributed by atoms with E-state index in [1.165, 1.54) is 17.5 Å². The summed E-state index contributed by atoms with van der Waals surface area (Å²) in [7, 11) is 0. The molecule has 129 valence electrons. The van der Waals surface area contributed by atoms with Gasteiger partial charge in [0.15, 0.2) is 11.9 Å². The largest absolute Gasteiger partial charge is 0.388 e. The van der Waals surface area contributed by atoms with Gasteiger partial charge >= 0.3 is 0 Å². The summed E-state index contributed by atoms with van der Waals surface area (Å²) in [4.78, 5) is 8.50. The van der Waals surface area contributed by atoms with E-state index in [0.29, 0.717) is 22.9 Å². The monoisotopic (exact) mass is 352 g/mol. The number of halogens is 1. The number of hydrogen-bond acceptors (Lipinski definition) is 7. The van der Waals surface area contributed by atoms with Crippen molar-refractivity contribution < 1.29 is 14.9 Å². The number of fused-ring (bicyclic) bond motifs is 1. The van der Waals surface area contributed by atoms with Crippen molar-refractivity contribution in [1.82, 2.24) is 19.7 Å². The summed E-state index contributed by atoms with van der Waals surface area (Å²) >= 11 is 6.07. The number of nitrogens with zero attached hydrogens (tertiary/aromatic N) is 4. The minimum absolute atomic E-state index is 0.0870. The molecule has 9 heteroatoms. The highest BCUT2D eigenvalue weighted by Crippen LogP contribution is 2.33. The van der Waals surface area contributed by atoms with E-state index in [-0.39, 0.29) is 5.28 Å². The third kappa shape index (κ3) is 2.63. The smallest absolute Gasteiger partial charge is 0.226 e. The van der Waals surface area contributed by atoms with Gasteiger partial charge in [-0.15, -0.1) is 0 Å². The van der Waals surface area contributed by atoms with E-state index >= 15 is 0 Å². The van der Waals surface area contributed by atoms with Crippen molar-refractivity contribution in [3.05, 3.63) is 18.4 Å². The van der Waals surface area contributed by atoms with Crippen LogP contribution in [0.1, 0.15) is 31.9 Å². The molecular formula is C15H19ClN5O3.